The first-order valence-electron chi connectivity index (χ1n) is 3.84. The lowest BCUT2D eigenvalue weighted by Crippen LogP contribution is -2.20. The summed E-state index contributed by atoms with van der Waals surface area (Å²) in [5.41, 5.74) is 0. The van der Waals surface area contributed by atoms with Crippen LogP contribution in [-0.2, 0) is 14.6 Å². The first kappa shape index (κ1) is 11.2. The smallest absolute Gasteiger partial charge is 0.312 e. The molecule has 1 N–H and O–H groups in total. The van der Waals surface area contributed by atoms with E-state index in [0.29, 0.717) is 4.88 Å². The van der Waals surface area contributed by atoms with E-state index in [1.54, 1.807) is 17.5 Å². The van der Waals surface area contributed by atoms with Crippen LogP contribution in [0.1, 0.15) is 10.8 Å². The Morgan fingerprint density at radius 2 is 2.29 bits per heavy atom. The first-order chi connectivity index (χ1) is 6.40. The summed E-state index contributed by atoms with van der Waals surface area (Å²) in [4.78, 5) is 11.4. The van der Waals surface area contributed by atoms with Crippen LogP contribution < -0.4 is 0 Å². The fraction of sp³-hybridized carbons (Fsp3) is 0.375. The molecular weight excluding hydrogens is 224 g/mol. The van der Waals surface area contributed by atoms with E-state index in [9.17, 15) is 13.2 Å². The highest BCUT2D eigenvalue weighted by molar-refractivity contribution is 7.90. The molecule has 0 amide bonds. The van der Waals surface area contributed by atoms with Crippen molar-refractivity contribution in [3.8, 4) is 0 Å². The van der Waals surface area contributed by atoms with Crippen molar-refractivity contribution in [1.82, 2.24) is 0 Å². The van der Waals surface area contributed by atoms with E-state index >= 15 is 0 Å². The van der Waals surface area contributed by atoms with Crippen LogP contribution >= 0.6 is 11.3 Å². The van der Waals surface area contributed by atoms with Crippen LogP contribution in [0.3, 0.4) is 0 Å². The summed E-state index contributed by atoms with van der Waals surface area (Å²) in [5, 5.41) is 10.6. The molecule has 1 heterocycles. The van der Waals surface area contributed by atoms with E-state index in [0.717, 1.165) is 6.26 Å². The minimum Gasteiger partial charge on any atom is -0.481 e. The molecule has 0 saturated carbocycles. The Kier molecular flexibility index (Phi) is 3.28. The number of carbonyl (C=O) groups is 1. The molecule has 1 unspecified atom stereocenters. The molecule has 0 saturated heterocycles. The van der Waals surface area contributed by atoms with Gasteiger partial charge in [0.05, 0.1) is 5.75 Å². The highest BCUT2D eigenvalue weighted by Gasteiger charge is 2.25. The third-order valence-corrected chi connectivity index (χ3v) is 3.58. The van der Waals surface area contributed by atoms with Gasteiger partial charge in [0.2, 0.25) is 0 Å². The maximum atomic E-state index is 11.0. The average Bonchev–Trinajstić information content (AvgIpc) is 2.49. The van der Waals surface area contributed by atoms with Gasteiger partial charge in [0.25, 0.3) is 0 Å². The minimum atomic E-state index is -3.27. The quantitative estimate of drug-likeness (QED) is 0.842. The van der Waals surface area contributed by atoms with E-state index < -0.39 is 21.7 Å². The van der Waals surface area contributed by atoms with Crippen LogP contribution in [0, 0.1) is 0 Å². The highest BCUT2D eigenvalue weighted by atomic mass is 32.2. The van der Waals surface area contributed by atoms with Crippen molar-refractivity contribution >= 4 is 27.1 Å². The summed E-state index contributed by atoms with van der Waals surface area (Å²) in [6.45, 7) is 0. The van der Waals surface area contributed by atoms with Crippen LogP contribution in [0.5, 0.6) is 0 Å². The molecule has 0 aliphatic heterocycles. The molecule has 0 aliphatic carbocycles. The maximum absolute atomic E-state index is 11.0. The molecule has 0 bridgehead atoms. The van der Waals surface area contributed by atoms with Gasteiger partial charge in [0.1, 0.15) is 15.8 Å². The van der Waals surface area contributed by atoms with E-state index in [1.807, 2.05) is 0 Å². The Bertz CT molecular complexity index is 405. The van der Waals surface area contributed by atoms with Gasteiger partial charge in [-0.25, -0.2) is 8.42 Å². The second-order valence-electron chi connectivity index (χ2n) is 3.00. The largest absolute Gasteiger partial charge is 0.481 e. The van der Waals surface area contributed by atoms with Gasteiger partial charge in [-0.3, -0.25) is 4.79 Å². The van der Waals surface area contributed by atoms with Crippen molar-refractivity contribution in [2.75, 3.05) is 12.0 Å². The predicted octanol–water partition coefficient (Wildman–Crippen LogP) is 0.961. The summed E-state index contributed by atoms with van der Waals surface area (Å²) < 4.78 is 22.0. The van der Waals surface area contributed by atoms with Crippen LogP contribution in [0.15, 0.2) is 17.5 Å². The second kappa shape index (κ2) is 4.10. The SMILES string of the molecule is CS(=O)(=O)CC(C(=O)O)c1cccs1. The lowest BCUT2D eigenvalue weighted by atomic mass is 10.1. The number of hydrogen-bond acceptors (Lipinski definition) is 4. The summed E-state index contributed by atoms with van der Waals surface area (Å²) in [7, 11) is -3.27. The molecule has 0 radical (unpaired) electrons. The van der Waals surface area contributed by atoms with E-state index in [-0.39, 0.29) is 5.75 Å². The lowest BCUT2D eigenvalue weighted by molar-refractivity contribution is -0.138. The molecule has 1 aromatic heterocycles. The topological polar surface area (TPSA) is 71.4 Å². The Labute approximate surface area is 86.1 Å². The van der Waals surface area contributed by atoms with Gasteiger partial charge in [0, 0.05) is 11.1 Å². The number of rotatable bonds is 4. The predicted molar refractivity (Wildman–Crippen MR) is 54.4 cm³/mol. The summed E-state index contributed by atoms with van der Waals surface area (Å²) in [6.07, 6.45) is 1.04. The molecule has 0 aliphatic rings. The van der Waals surface area contributed by atoms with Crippen LogP contribution in [0.2, 0.25) is 0 Å². The minimum absolute atomic E-state index is 0.344. The summed E-state index contributed by atoms with van der Waals surface area (Å²) in [6, 6.07) is 3.34. The van der Waals surface area contributed by atoms with E-state index in [4.69, 9.17) is 5.11 Å². The average molecular weight is 234 g/mol. The molecule has 4 nitrogen and oxygen atoms in total. The molecule has 14 heavy (non-hydrogen) atoms. The Balaban J connectivity index is 2.93. The highest BCUT2D eigenvalue weighted by Crippen LogP contribution is 2.22. The van der Waals surface area contributed by atoms with Gasteiger partial charge in [-0.15, -0.1) is 11.3 Å². The van der Waals surface area contributed by atoms with Gasteiger partial charge < -0.3 is 5.11 Å². The molecule has 6 heteroatoms. The number of sulfone groups is 1. The van der Waals surface area contributed by atoms with E-state index in [1.165, 1.54) is 11.3 Å². The van der Waals surface area contributed by atoms with Crippen LogP contribution in [-0.4, -0.2) is 31.5 Å². The zero-order valence-electron chi connectivity index (χ0n) is 7.50. The molecule has 0 aromatic carbocycles. The van der Waals surface area contributed by atoms with Crippen molar-refractivity contribution in [3.63, 3.8) is 0 Å². The summed E-state index contributed by atoms with van der Waals surface area (Å²) in [5.74, 6) is -2.38. The Hall–Kier alpha value is -0.880. The van der Waals surface area contributed by atoms with Crippen molar-refractivity contribution in [1.29, 1.82) is 0 Å². The summed E-state index contributed by atoms with van der Waals surface area (Å²) >= 11 is 1.25. The number of carboxylic acids is 1. The second-order valence-corrected chi connectivity index (χ2v) is 6.16. The van der Waals surface area contributed by atoms with Gasteiger partial charge >= 0.3 is 5.97 Å². The van der Waals surface area contributed by atoms with Gasteiger partial charge in [-0.05, 0) is 11.4 Å². The first-order valence-corrected chi connectivity index (χ1v) is 6.78. The van der Waals surface area contributed by atoms with Gasteiger partial charge in [-0.2, -0.15) is 0 Å². The van der Waals surface area contributed by atoms with Gasteiger partial charge in [0.15, 0.2) is 0 Å². The third kappa shape index (κ3) is 3.12. The molecule has 1 aromatic rings. The molecule has 78 valence electrons. The normalized spacial score (nSPS) is 13.8. The number of thiophene rings is 1. The monoisotopic (exact) mass is 234 g/mol. The van der Waals surface area contributed by atoms with Crippen molar-refractivity contribution in [2.45, 2.75) is 5.92 Å². The molecule has 0 fully saturated rings. The maximum Gasteiger partial charge on any atom is 0.312 e. The number of hydrogen-bond donors (Lipinski definition) is 1. The zero-order valence-corrected chi connectivity index (χ0v) is 9.14. The Morgan fingerprint density at radius 1 is 1.64 bits per heavy atom. The lowest BCUT2D eigenvalue weighted by Gasteiger charge is -2.08. The van der Waals surface area contributed by atoms with Crippen LogP contribution in [0.4, 0.5) is 0 Å². The van der Waals surface area contributed by atoms with Crippen molar-refractivity contribution in [2.24, 2.45) is 0 Å². The molecule has 0 spiro atoms. The zero-order chi connectivity index (χ0) is 10.8. The number of carboxylic acid groups (broad SMARTS) is 1. The van der Waals surface area contributed by atoms with Gasteiger partial charge in [-0.1, -0.05) is 6.07 Å². The van der Waals surface area contributed by atoms with Crippen molar-refractivity contribution < 1.29 is 18.3 Å². The third-order valence-electron chi connectivity index (χ3n) is 1.65. The fourth-order valence-electron chi connectivity index (χ4n) is 1.07. The van der Waals surface area contributed by atoms with Crippen LogP contribution in [0.25, 0.3) is 0 Å². The fourth-order valence-corrected chi connectivity index (χ4v) is 2.92. The molecule has 1 rings (SSSR count). The number of aliphatic carboxylic acids is 1. The molecular formula is C8H10O4S2. The standard InChI is InChI=1S/C8H10O4S2/c1-14(11,12)5-6(8(9)10)7-3-2-4-13-7/h2-4,6H,5H2,1H3,(H,9,10). The Morgan fingerprint density at radius 3 is 2.64 bits per heavy atom. The van der Waals surface area contributed by atoms with Crippen molar-refractivity contribution in [3.05, 3.63) is 22.4 Å². The molecule has 1 atom stereocenters. The van der Waals surface area contributed by atoms with E-state index in [2.05, 4.69) is 0 Å².